The topological polar surface area (TPSA) is 160 Å². The maximum atomic E-state index is 12.4. The second-order valence-corrected chi connectivity index (χ2v) is 8.19. The Labute approximate surface area is 241 Å². The van der Waals surface area contributed by atoms with Crippen molar-refractivity contribution >= 4 is 74.0 Å². The van der Waals surface area contributed by atoms with Gasteiger partial charge in [0, 0.05) is 34.9 Å². The van der Waals surface area contributed by atoms with Crippen LogP contribution >= 0.6 is 17.0 Å². The molecule has 0 atom stereocenters. The van der Waals surface area contributed by atoms with E-state index in [0.717, 1.165) is 27.8 Å². The van der Waals surface area contributed by atoms with Gasteiger partial charge in [-0.15, -0.1) is 22.1 Å². The molecule has 2 amide bonds. The fourth-order valence-corrected chi connectivity index (χ4v) is 3.61. The summed E-state index contributed by atoms with van der Waals surface area (Å²) in [6, 6.07) is 22.1. The fourth-order valence-electron chi connectivity index (χ4n) is 3.61. The first-order valence-corrected chi connectivity index (χ1v) is 11.1. The van der Waals surface area contributed by atoms with Crippen LogP contribution in [-0.4, -0.2) is 17.7 Å². The van der Waals surface area contributed by atoms with Crippen LogP contribution in [0.3, 0.4) is 0 Å². The maximum Gasteiger partial charge on any atom is 0.323 e. The molecule has 1 heterocycles. The lowest BCUT2D eigenvalue weighted by atomic mass is 10.1. The van der Waals surface area contributed by atoms with Crippen molar-refractivity contribution in [2.75, 3.05) is 21.7 Å². The standard InChI is InChI=1S/C26H27N9O.2BrH/c1-16(33-34-25(28)29)17-3-6-20(7-4-17)31-26(36)32-21-10-8-19(9-11-21)30-23-13-14-35(2)24-12-5-18(27)15-22(23)24;;/h3-15H,27H2,1-2H3,(H6,28,29,31,32,33,34,36);2*1H. The first kappa shape index (κ1) is 30.1. The van der Waals surface area contributed by atoms with Crippen molar-refractivity contribution in [2.45, 2.75) is 6.92 Å². The number of hydrogen-bond donors (Lipinski definition) is 6. The van der Waals surface area contributed by atoms with Gasteiger partial charge in [-0.1, -0.05) is 12.1 Å². The minimum atomic E-state index is -0.355. The van der Waals surface area contributed by atoms with Crippen molar-refractivity contribution in [3.63, 3.8) is 0 Å². The third-order valence-electron chi connectivity index (χ3n) is 5.45. The molecule has 9 N–H and O–H groups in total. The Hall–Kier alpha value is -4.16. The fraction of sp³-hybridized carbons (Fsp3) is 0.0769. The number of carbonyl (C=O) groups excluding carboxylic acids is 1. The number of aromatic nitrogens is 1. The number of rotatable bonds is 6. The number of anilines is 5. The Morgan fingerprint density at radius 1 is 0.842 bits per heavy atom. The van der Waals surface area contributed by atoms with Crippen molar-refractivity contribution in [3.8, 4) is 0 Å². The smallest absolute Gasteiger partial charge is 0.323 e. The zero-order valence-corrected chi connectivity index (χ0v) is 24.1. The Balaban J connectivity index is 0.00000253. The third-order valence-corrected chi connectivity index (χ3v) is 5.45. The number of urea groups is 1. The number of pyridine rings is 1. The van der Waals surface area contributed by atoms with Crippen LogP contribution in [-0.2, 0) is 7.05 Å². The van der Waals surface area contributed by atoms with Crippen molar-refractivity contribution in [1.29, 1.82) is 0 Å². The molecule has 0 aliphatic carbocycles. The third kappa shape index (κ3) is 7.67. The van der Waals surface area contributed by atoms with Gasteiger partial charge >= 0.3 is 6.03 Å². The van der Waals surface area contributed by atoms with E-state index < -0.39 is 0 Å². The SMILES string of the molecule is Br.C/C(=N\N=C(N)N)c1ccc(NC(=O)Nc2ccc(Nc3cc[n+](C)c4ccc(N)cc34)cc2)cc1.[Br-]. The number of nitrogen functional groups attached to an aromatic ring is 1. The number of nitrogens with two attached hydrogens (primary N) is 3. The number of amides is 2. The summed E-state index contributed by atoms with van der Waals surface area (Å²) in [5.41, 5.74) is 22.9. The zero-order chi connectivity index (χ0) is 25.7. The van der Waals surface area contributed by atoms with E-state index in [1.807, 2.05) is 78.5 Å². The zero-order valence-electron chi connectivity index (χ0n) is 20.8. The van der Waals surface area contributed by atoms with Crippen LogP contribution in [0.15, 0.2) is 89.2 Å². The van der Waals surface area contributed by atoms with Gasteiger partial charge in [0.1, 0.15) is 7.05 Å². The van der Waals surface area contributed by atoms with E-state index in [9.17, 15) is 4.79 Å². The molecule has 12 heteroatoms. The van der Waals surface area contributed by atoms with Crippen molar-refractivity contribution in [3.05, 3.63) is 84.6 Å². The lowest BCUT2D eigenvalue weighted by Gasteiger charge is -2.11. The number of fused-ring (bicyclic) bond motifs is 1. The van der Waals surface area contributed by atoms with Gasteiger partial charge in [-0.2, -0.15) is 5.10 Å². The Bertz CT molecular complexity index is 1470. The van der Waals surface area contributed by atoms with Crippen LogP contribution in [0.4, 0.5) is 33.2 Å². The summed E-state index contributed by atoms with van der Waals surface area (Å²) < 4.78 is 2.04. The molecule has 198 valence electrons. The lowest BCUT2D eigenvalue weighted by Crippen LogP contribution is -3.00. The minimum Gasteiger partial charge on any atom is -1.00 e. The van der Waals surface area contributed by atoms with Crippen molar-refractivity contribution in [1.82, 2.24) is 0 Å². The van der Waals surface area contributed by atoms with E-state index in [-0.39, 0.29) is 46.0 Å². The van der Waals surface area contributed by atoms with Crippen LogP contribution < -0.4 is 54.7 Å². The quantitative estimate of drug-likeness (QED) is 0.0612. The van der Waals surface area contributed by atoms with Gasteiger partial charge < -0.3 is 50.1 Å². The molecule has 4 rings (SSSR count). The molecule has 0 fully saturated rings. The predicted octanol–water partition coefficient (Wildman–Crippen LogP) is 1.21. The molecular weight excluding hydrogens is 614 g/mol. The first-order valence-electron chi connectivity index (χ1n) is 11.1. The number of benzene rings is 3. The van der Waals surface area contributed by atoms with E-state index in [2.05, 4.69) is 26.2 Å². The molecule has 0 aliphatic rings. The van der Waals surface area contributed by atoms with Crippen molar-refractivity contribution in [2.24, 2.45) is 28.7 Å². The predicted molar refractivity (Wildman–Crippen MR) is 157 cm³/mol. The van der Waals surface area contributed by atoms with E-state index in [1.54, 1.807) is 19.1 Å². The van der Waals surface area contributed by atoms with Gasteiger partial charge in [0.2, 0.25) is 11.5 Å². The molecule has 0 bridgehead atoms. The highest BCUT2D eigenvalue weighted by atomic mass is 79.9. The van der Waals surface area contributed by atoms with Gasteiger partial charge in [-0.05, 0) is 61.0 Å². The summed E-state index contributed by atoms with van der Waals surface area (Å²) in [6.07, 6.45) is 1.99. The summed E-state index contributed by atoms with van der Waals surface area (Å²) in [4.78, 5) is 12.4. The highest BCUT2D eigenvalue weighted by Crippen LogP contribution is 2.26. The van der Waals surface area contributed by atoms with Crippen LogP contribution in [0, 0.1) is 0 Å². The van der Waals surface area contributed by atoms with E-state index in [0.29, 0.717) is 22.8 Å². The van der Waals surface area contributed by atoms with Crippen LogP contribution in [0.2, 0.25) is 0 Å². The van der Waals surface area contributed by atoms with Gasteiger partial charge in [-0.3, -0.25) is 0 Å². The molecular formula is C26H29Br2N9O. The summed E-state index contributed by atoms with van der Waals surface area (Å²) >= 11 is 0. The van der Waals surface area contributed by atoms with Gasteiger partial charge in [0.05, 0.1) is 16.8 Å². The van der Waals surface area contributed by atoms with E-state index in [4.69, 9.17) is 17.2 Å². The molecule has 1 aromatic heterocycles. The molecule has 0 unspecified atom stereocenters. The number of aryl methyl sites for hydroxylation is 1. The molecule has 4 aromatic rings. The molecule has 3 aromatic carbocycles. The Morgan fingerprint density at radius 3 is 2.03 bits per heavy atom. The molecule has 0 spiro atoms. The van der Waals surface area contributed by atoms with Gasteiger partial charge in [-0.25, -0.2) is 9.36 Å². The van der Waals surface area contributed by atoms with Gasteiger partial charge in [0.25, 0.3) is 0 Å². The average molecular weight is 643 g/mol. The number of halogens is 2. The minimum absolute atomic E-state index is 0. The first-order chi connectivity index (χ1) is 17.3. The second-order valence-electron chi connectivity index (χ2n) is 8.19. The summed E-state index contributed by atoms with van der Waals surface area (Å²) in [6.45, 7) is 1.79. The Kier molecular flexibility index (Phi) is 10.6. The number of guanidine groups is 1. The molecule has 10 nitrogen and oxygen atoms in total. The maximum absolute atomic E-state index is 12.4. The lowest BCUT2D eigenvalue weighted by molar-refractivity contribution is -0.644. The number of hydrogen-bond acceptors (Lipinski definition) is 5. The van der Waals surface area contributed by atoms with Crippen LogP contribution in [0.25, 0.3) is 10.9 Å². The van der Waals surface area contributed by atoms with Gasteiger partial charge in [0.15, 0.2) is 6.20 Å². The number of nitrogens with one attached hydrogen (secondary N) is 3. The highest BCUT2D eigenvalue weighted by Gasteiger charge is 2.11. The number of nitrogens with zero attached hydrogens (tertiary/aromatic N) is 3. The molecule has 0 aliphatic heterocycles. The highest BCUT2D eigenvalue weighted by molar-refractivity contribution is 8.93. The van der Waals surface area contributed by atoms with Crippen LogP contribution in [0.5, 0.6) is 0 Å². The number of carbonyl (C=O) groups is 1. The Morgan fingerprint density at radius 2 is 1.42 bits per heavy atom. The van der Waals surface area contributed by atoms with E-state index >= 15 is 0 Å². The second kappa shape index (κ2) is 13.4. The van der Waals surface area contributed by atoms with E-state index in [1.165, 1.54) is 0 Å². The average Bonchev–Trinajstić information content (AvgIpc) is 2.86. The monoisotopic (exact) mass is 641 g/mol. The molecule has 38 heavy (non-hydrogen) atoms. The van der Waals surface area contributed by atoms with Crippen LogP contribution in [0.1, 0.15) is 12.5 Å². The van der Waals surface area contributed by atoms with Crippen molar-refractivity contribution < 1.29 is 26.3 Å². The molecule has 0 saturated carbocycles. The summed E-state index contributed by atoms with van der Waals surface area (Å²) in [5.74, 6) is -0.110. The molecule has 0 radical (unpaired) electrons. The summed E-state index contributed by atoms with van der Waals surface area (Å²) in [5, 5.41) is 17.7. The molecule has 0 saturated heterocycles. The normalized spacial score (nSPS) is 10.5. The largest absolute Gasteiger partial charge is 1.00 e. The summed E-state index contributed by atoms with van der Waals surface area (Å²) in [7, 11) is 1.99.